The highest BCUT2D eigenvalue weighted by molar-refractivity contribution is 6.33. The summed E-state index contributed by atoms with van der Waals surface area (Å²) >= 11 is 12.0. The lowest BCUT2D eigenvalue weighted by atomic mass is 10.1. The zero-order chi connectivity index (χ0) is 21.0. The van der Waals surface area contributed by atoms with Gasteiger partial charge in [-0.1, -0.05) is 35.3 Å². The fraction of sp³-hybridized carbons (Fsp3) is 0.250. The lowest BCUT2D eigenvalue weighted by Gasteiger charge is -2.19. The highest BCUT2D eigenvalue weighted by atomic mass is 35.5. The Kier molecular flexibility index (Phi) is 6.61. The molecule has 2 aromatic carbocycles. The number of nitrogens with one attached hydrogen (secondary N) is 1. The first-order chi connectivity index (χ1) is 13.9. The molecule has 0 aliphatic carbocycles. The number of amides is 2. The molecule has 1 saturated heterocycles. The minimum atomic E-state index is -0.695. The molecule has 9 heteroatoms. The number of ether oxygens (including phenoxy) is 2. The van der Waals surface area contributed by atoms with Gasteiger partial charge in [0.05, 0.1) is 29.4 Å². The van der Waals surface area contributed by atoms with Crippen LogP contribution in [0.25, 0.3) is 0 Å². The predicted molar refractivity (Wildman–Crippen MR) is 110 cm³/mol. The summed E-state index contributed by atoms with van der Waals surface area (Å²) < 4.78 is 10.4. The van der Waals surface area contributed by atoms with E-state index < -0.39 is 24.4 Å². The Bertz CT molecular complexity index is 950. The summed E-state index contributed by atoms with van der Waals surface area (Å²) in [5.41, 5.74) is 0.905. The number of anilines is 2. The van der Waals surface area contributed by atoms with Crippen LogP contribution in [-0.2, 0) is 19.1 Å². The smallest absolute Gasteiger partial charge is 0.311 e. The molecule has 1 aliphatic heterocycles. The van der Waals surface area contributed by atoms with Crippen molar-refractivity contribution in [1.29, 1.82) is 0 Å². The number of carbonyl (C=O) groups excluding carboxylic acids is 3. The van der Waals surface area contributed by atoms with Gasteiger partial charge in [-0.3, -0.25) is 14.4 Å². The van der Waals surface area contributed by atoms with Gasteiger partial charge in [-0.2, -0.15) is 0 Å². The Morgan fingerprint density at radius 2 is 1.97 bits per heavy atom. The van der Waals surface area contributed by atoms with Crippen LogP contribution < -0.4 is 15.0 Å². The van der Waals surface area contributed by atoms with Crippen molar-refractivity contribution < 1.29 is 23.9 Å². The summed E-state index contributed by atoms with van der Waals surface area (Å²) in [5.74, 6) is -1.64. The number of rotatable bonds is 6. The molecule has 0 spiro atoms. The van der Waals surface area contributed by atoms with Crippen LogP contribution >= 0.6 is 23.2 Å². The molecule has 2 aromatic rings. The van der Waals surface area contributed by atoms with Gasteiger partial charge in [-0.25, -0.2) is 0 Å². The summed E-state index contributed by atoms with van der Waals surface area (Å²) in [6, 6.07) is 11.6. The van der Waals surface area contributed by atoms with Gasteiger partial charge in [-0.05, 0) is 30.3 Å². The lowest BCUT2D eigenvalue weighted by molar-refractivity contribution is -0.151. The van der Waals surface area contributed by atoms with Crippen molar-refractivity contribution in [3.05, 3.63) is 52.5 Å². The van der Waals surface area contributed by atoms with E-state index in [-0.39, 0.29) is 18.9 Å². The van der Waals surface area contributed by atoms with Crippen LogP contribution in [-0.4, -0.2) is 38.0 Å². The highest BCUT2D eigenvalue weighted by Crippen LogP contribution is 2.35. The Balaban J connectivity index is 1.59. The fourth-order valence-electron chi connectivity index (χ4n) is 2.98. The minimum absolute atomic E-state index is 0.0271. The topological polar surface area (TPSA) is 84.9 Å². The Hall–Kier alpha value is -2.77. The number of halogens is 2. The van der Waals surface area contributed by atoms with Gasteiger partial charge in [0, 0.05) is 18.0 Å². The van der Waals surface area contributed by atoms with E-state index in [2.05, 4.69) is 5.32 Å². The number of hydrogen-bond donors (Lipinski definition) is 1. The van der Waals surface area contributed by atoms with Crippen LogP contribution in [0.2, 0.25) is 10.0 Å². The molecule has 1 aliphatic rings. The summed E-state index contributed by atoms with van der Waals surface area (Å²) in [6.07, 6.45) is -0.0271. The monoisotopic (exact) mass is 436 g/mol. The zero-order valence-corrected chi connectivity index (χ0v) is 17.0. The number of methoxy groups -OCH3 is 1. The molecule has 152 valence electrons. The Morgan fingerprint density at radius 3 is 2.69 bits per heavy atom. The van der Waals surface area contributed by atoms with Crippen molar-refractivity contribution in [3.8, 4) is 5.75 Å². The van der Waals surface area contributed by atoms with Gasteiger partial charge in [0.2, 0.25) is 5.91 Å². The largest absolute Gasteiger partial charge is 0.495 e. The van der Waals surface area contributed by atoms with E-state index >= 15 is 0 Å². The van der Waals surface area contributed by atoms with Crippen LogP contribution in [0.1, 0.15) is 6.42 Å². The molecule has 1 atom stereocenters. The van der Waals surface area contributed by atoms with Crippen molar-refractivity contribution >= 4 is 52.4 Å². The molecule has 3 rings (SSSR count). The first kappa shape index (κ1) is 21.0. The maximum absolute atomic E-state index is 12.4. The van der Waals surface area contributed by atoms with E-state index in [1.165, 1.54) is 12.0 Å². The lowest BCUT2D eigenvalue weighted by Crippen LogP contribution is -2.28. The van der Waals surface area contributed by atoms with E-state index in [0.29, 0.717) is 27.2 Å². The van der Waals surface area contributed by atoms with Crippen LogP contribution in [0.3, 0.4) is 0 Å². The first-order valence-electron chi connectivity index (χ1n) is 8.74. The molecule has 0 saturated carbocycles. The number of nitrogens with zero attached hydrogens (tertiary/aromatic N) is 1. The van der Waals surface area contributed by atoms with Crippen molar-refractivity contribution in [3.63, 3.8) is 0 Å². The van der Waals surface area contributed by atoms with Crippen LogP contribution in [0.15, 0.2) is 42.5 Å². The van der Waals surface area contributed by atoms with Crippen molar-refractivity contribution in [2.24, 2.45) is 5.92 Å². The first-order valence-corrected chi connectivity index (χ1v) is 9.49. The summed E-state index contributed by atoms with van der Waals surface area (Å²) in [6.45, 7) is -0.365. The summed E-state index contributed by atoms with van der Waals surface area (Å²) in [5, 5.41) is 3.38. The normalized spacial score (nSPS) is 15.9. The van der Waals surface area contributed by atoms with E-state index in [9.17, 15) is 14.4 Å². The quantitative estimate of drug-likeness (QED) is 0.699. The van der Waals surface area contributed by atoms with Gasteiger partial charge in [0.25, 0.3) is 5.91 Å². The minimum Gasteiger partial charge on any atom is -0.495 e. The average Bonchev–Trinajstić information content (AvgIpc) is 3.09. The average molecular weight is 437 g/mol. The Labute approximate surface area is 177 Å². The number of para-hydroxylation sites is 1. The summed E-state index contributed by atoms with van der Waals surface area (Å²) in [4.78, 5) is 38.2. The fourth-order valence-corrected chi connectivity index (χ4v) is 3.33. The van der Waals surface area contributed by atoms with Gasteiger partial charge in [-0.15, -0.1) is 0 Å². The second-order valence-electron chi connectivity index (χ2n) is 6.36. The van der Waals surface area contributed by atoms with Crippen LogP contribution in [0, 0.1) is 5.92 Å². The second-order valence-corrected chi connectivity index (χ2v) is 7.20. The molecule has 0 bridgehead atoms. The van der Waals surface area contributed by atoms with Crippen LogP contribution in [0.5, 0.6) is 5.75 Å². The van der Waals surface area contributed by atoms with Crippen LogP contribution in [0.4, 0.5) is 11.4 Å². The van der Waals surface area contributed by atoms with Gasteiger partial charge in [0.1, 0.15) is 5.75 Å². The SMILES string of the molecule is COc1ccc(Cl)cc1N1C[C@H](C(=O)OCC(=O)Nc2ccccc2Cl)CC1=O. The maximum Gasteiger partial charge on any atom is 0.311 e. The number of hydrogen-bond acceptors (Lipinski definition) is 5. The third-order valence-corrected chi connectivity index (χ3v) is 4.95. The number of esters is 1. The van der Waals surface area contributed by atoms with Gasteiger partial charge < -0.3 is 19.7 Å². The van der Waals surface area contributed by atoms with E-state index in [1.807, 2.05) is 0 Å². The van der Waals surface area contributed by atoms with E-state index in [1.54, 1.807) is 42.5 Å². The molecule has 1 N–H and O–H groups in total. The predicted octanol–water partition coefficient (Wildman–Crippen LogP) is 3.54. The van der Waals surface area contributed by atoms with Gasteiger partial charge >= 0.3 is 5.97 Å². The number of carbonyl (C=O) groups is 3. The third kappa shape index (κ3) is 4.99. The van der Waals surface area contributed by atoms with Crippen molar-refractivity contribution in [1.82, 2.24) is 0 Å². The molecule has 7 nitrogen and oxygen atoms in total. The molecular weight excluding hydrogens is 419 g/mol. The van der Waals surface area contributed by atoms with Gasteiger partial charge in [0.15, 0.2) is 6.61 Å². The van der Waals surface area contributed by atoms with Crippen molar-refractivity contribution in [2.45, 2.75) is 6.42 Å². The molecule has 29 heavy (non-hydrogen) atoms. The third-order valence-electron chi connectivity index (χ3n) is 4.38. The molecule has 1 fully saturated rings. The zero-order valence-electron chi connectivity index (χ0n) is 15.5. The van der Waals surface area contributed by atoms with Crippen molar-refractivity contribution in [2.75, 3.05) is 30.5 Å². The standard InChI is InChI=1S/C20H18Cl2N2O5/c1-28-17-7-6-13(21)9-16(17)24-10-12(8-19(24)26)20(27)29-11-18(25)23-15-5-3-2-4-14(15)22/h2-7,9,12H,8,10-11H2,1H3,(H,23,25)/t12-/m1/s1. The summed E-state index contributed by atoms with van der Waals surface area (Å²) in [7, 11) is 1.48. The van der Waals surface area contributed by atoms with E-state index in [4.69, 9.17) is 32.7 Å². The van der Waals surface area contributed by atoms with E-state index in [0.717, 1.165) is 0 Å². The Morgan fingerprint density at radius 1 is 1.21 bits per heavy atom. The molecule has 0 radical (unpaired) electrons. The molecule has 2 amide bonds. The highest BCUT2D eigenvalue weighted by Gasteiger charge is 2.37. The molecule has 0 aromatic heterocycles. The number of benzene rings is 2. The maximum atomic E-state index is 12.4. The molecule has 0 unspecified atom stereocenters. The second kappa shape index (κ2) is 9.15. The molecule has 1 heterocycles. The molecular formula is C20H18Cl2N2O5.